The summed E-state index contributed by atoms with van der Waals surface area (Å²) in [4.78, 5) is 5.86. The Bertz CT molecular complexity index is 1780. The zero-order chi connectivity index (χ0) is 27.8. The number of thioether (sulfide) groups is 1. The number of aliphatic hydroxyl groups is 1. The monoisotopic (exact) mass is 553 g/mol. The van der Waals surface area contributed by atoms with Gasteiger partial charge in [0.15, 0.2) is 9.84 Å². The number of nitrogens with zero attached hydrogens (tertiary/aromatic N) is 1. The Labute approximate surface area is 234 Å². The molecule has 0 amide bonds. The lowest BCUT2D eigenvalue weighted by Gasteiger charge is -2.24. The second-order valence-electron chi connectivity index (χ2n) is 10.2. The van der Waals surface area contributed by atoms with E-state index in [4.69, 9.17) is 0 Å². The summed E-state index contributed by atoms with van der Waals surface area (Å²) in [5.41, 5.74) is 8.45. The largest absolute Gasteiger partial charge is 0.392 e. The maximum absolute atomic E-state index is 12.7. The Kier molecular flexibility index (Phi) is 7.38. The number of fused-ring (bicyclic) bond motifs is 1. The molecule has 1 N–H and O–H groups in total. The van der Waals surface area contributed by atoms with E-state index in [9.17, 15) is 13.5 Å². The molecule has 0 spiro atoms. The number of hydrogen-bond donors (Lipinski definition) is 1. The third-order valence-corrected chi connectivity index (χ3v) is 10.3. The van der Waals surface area contributed by atoms with Gasteiger partial charge in [0.05, 0.1) is 16.9 Å². The van der Waals surface area contributed by atoms with Crippen LogP contribution in [0.5, 0.6) is 0 Å². The molecule has 5 rings (SSSR count). The molecule has 0 aliphatic heterocycles. The highest BCUT2D eigenvalue weighted by molar-refractivity contribution is 7.98. The normalized spacial score (nSPS) is 12.1. The van der Waals surface area contributed by atoms with Gasteiger partial charge >= 0.3 is 0 Å². The molecular weight excluding hydrogens is 523 g/mol. The van der Waals surface area contributed by atoms with E-state index in [1.165, 1.54) is 11.2 Å². The molecule has 0 saturated carbocycles. The molecule has 4 nitrogen and oxygen atoms in total. The Hall–Kier alpha value is -3.45. The summed E-state index contributed by atoms with van der Waals surface area (Å²) in [6.45, 7) is 3.46. The van der Waals surface area contributed by atoms with Gasteiger partial charge in [0.2, 0.25) is 0 Å². The van der Waals surface area contributed by atoms with Crippen LogP contribution < -0.4 is 0 Å². The average molecular weight is 554 g/mol. The fourth-order valence-electron chi connectivity index (χ4n) is 4.78. The molecule has 0 aliphatic carbocycles. The van der Waals surface area contributed by atoms with Crippen LogP contribution in [0.3, 0.4) is 0 Å². The van der Waals surface area contributed by atoms with E-state index >= 15 is 0 Å². The second-order valence-corrected chi connectivity index (χ2v) is 13.7. The number of aromatic nitrogens is 1. The van der Waals surface area contributed by atoms with Gasteiger partial charge in [-0.25, -0.2) is 8.42 Å². The fourth-order valence-corrected chi connectivity index (χ4v) is 5.73. The van der Waals surface area contributed by atoms with Gasteiger partial charge in [-0.3, -0.25) is 4.98 Å². The maximum Gasteiger partial charge on any atom is 0.156 e. The van der Waals surface area contributed by atoms with Crippen LogP contribution >= 0.6 is 11.8 Å². The van der Waals surface area contributed by atoms with E-state index in [2.05, 4.69) is 53.7 Å². The molecular formula is C33H31NO3S2. The van der Waals surface area contributed by atoms with E-state index in [0.717, 1.165) is 55.4 Å². The summed E-state index contributed by atoms with van der Waals surface area (Å²) in [5, 5.41) is 10.7. The van der Waals surface area contributed by atoms with E-state index in [0.29, 0.717) is 0 Å². The molecule has 39 heavy (non-hydrogen) atoms. The van der Waals surface area contributed by atoms with Crippen molar-refractivity contribution in [1.82, 2.24) is 4.98 Å². The molecule has 1 aromatic heterocycles. The van der Waals surface area contributed by atoms with Crippen molar-refractivity contribution >= 4 is 32.5 Å². The van der Waals surface area contributed by atoms with Gasteiger partial charge in [0, 0.05) is 28.3 Å². The van der Waals surface area contributed by atoms with Gasteiger partial charge in [-0.1, -0.05) is 48.5 Å². The van der Waals surface area contributed by atoms with Crippen LogP contribution in [0.2, 0.25) is 0 Å². The minimum Gasteiger partial charge on any atom is -0.392 e. The molecule has 0 aliphatic rings. The van der Waals surface area contributed by atoms with Crippen molar-refractivity contribution < 1.29 is 13.5 Å². The fraction of sp³-hybridized carbons (Fsp3) is 0.182. The van der Waals surface area contributed by atoms with Crippen molar-refractivity contribution in [3.63, 3.8) is 0 Å². The van der Waals surface area contributed by atoms with E-state index in [1.54, 1.807) is 31.8 Å². The molecule has 5 aromatic rings. The number of rotatable bonds is 7. The summed E-state index contributed by atoms with van der Waals surface area (Å²) >= 11 is 1.70. The van der Waals surface area contributed by atoms with Crippen LogP contribution in [0, 0.1) is 0 Å². The zero-order valence-corrected chi connectivity index (χ0v) is 24.1. The predicted octanol–water partition coefficient (Wildman–Crippen LogP) is 7.73. The number of benzene rings is 4. The number of sulfone groups is 1. The van der Waals surface area contributed by atoms with Crippen LogP contribution in [0.25, 0.3) is 44.3 Å². The molecule has 0 saturated heterocycles. The number of hydrogen-bond acceptors (Lipinski definition) is 5. The predicted molar refractivity (Wildman–Crippen MR) is 164 cm³/mol. The first kappa shape index (κ1) is 27.1. The van der Waals surface area contributed by atoms with Gasteiger partial charge in [-0.15, -0.1) is 11.8 Å². The first-order chi connectivity index (χ1) is 18.6. The third-order valence-electron chi connectivity index (χ3n) is 7.48. The summed E-state index contributed by atoms with van der Waals surface area (Å²) in [6.07, 6.45) is 5.11. The minimum absolute atomic E-state index is 0.0310. The van der Waals surface area contributed by atoms with Crippen molar-refractivity contribution in [2.45, 2.75) is 30.1 Å². The number of pyridine rings is 1. The third kappa shape index (κ3) is 5.24. The first-order valence-corrected chi connectivity index (χ1v) is 15.8. The highest BCUT2D eigenvalue weighted by atomic mass is 32.2. The SMILES string of the molecule is CSc1ccc(-c2cc(CO)ccc2-c2cccc(-c3cc(C(C)(C)S(C)(=O)=O)cc4cccnc34)c2)cc1. The van der Waals surface area contributed by atoms with Crippen LogP contribution in [0.15, 0.2) is 102 Å². The summed E-state index contributed by atoms with van der Waals surface area (Å²) in [6, 6.07) is 30.5. The molecule has 0 atom stereocenters. The Balaban J connectivity index is 1.70. The van der Waals surface area contributed by atoms with Crippen LogP contribution in [0.1, 0.15) is 25.0 Å². The van der Waals surface area contributed by atoms with Crippen LogP contribution in [-0.4, -0.2) is 31.0 Å². The molecule has 198 valence electrons. The molecule has 0 unspecified atom stereocenters. The molecule has 0 fully saturated rings. The molecule has 0 bridgehead atoms. The molecule has 6 heteroatoms. The van der Waals surface area contributed by atoms with Gasteiger partial charge in [-0.05, 0) is 102 Å². The van der Waals surface area contributed by atoms with Crippen molar-refractivity contribution in [2.75, 3.05) is 12.5 Å². The van der Waals surface area contributed by atoms with Gasteiger partial charge in [-0.2, -0.15) is 0 Å². The lowest BCUT2D eigenvalue weighted by atomic mass is 9.89. The Morgan fingerprint density at radius 1 is 0.795 bits per heavy atom. The summed E-state index contributed by atoms with van der Waals surface area (Å²) in [5.74, 6) is 0. The number of aliphatic hydroxyl groups excluding tert-OH is 1. The summed E-state index contributed by atoms with van der Waals surface area (Å²) < 4.78 is 24.4. The molecule has 0 radical (unpaired) electrons. The zero-order valence-electron chi connectivity index (χ0n) is 22.5. The molecule has 4 aromatic carbocycles. The quantitative estimate of drug-likeness (QED) is 0.209. The molecule has 1 heterocycles. The van der Waals surface area contributed by atoms with Crippen molar-refractivity contribution in [3.8, 4) is 33.4 Å². The maximum atomic E-state index is 12.7. The Morgan fingerprint density at radius 3 is 2.18 bits per heavy atom. The minimum atomic E-state index is -3.36. The lowest BCUT2D eigenvalue weighted by Crippen LogP contribution is -2.28. The standard InChI is InChI=1S/C33H31NO3S2/c1-33(2,39(4,36)37)27-19-26-9-6-16-34-32(26)31(20-27)25-8-5-7-24(18-25)29-15-10-22(21-35)17-30(29)23-11-13-28(38-3)14-12-23/h5-20,35H,21H2,1-4H3. The van der Waals surface area contributed by atoms with Crippen LogP contribution in [0.4, 0.5) is 0 Å². The van der Waals surface area contributed by atoms with Crippen molar-refractivity contribution in [2.24, 2.45) is 0 Å². The van der Waals surface area contributed by atoms with Crippen molar-refractivity contribution in [3.05, 3.63) is 108 Å². The summed E-state index contributed by atoms with van der Waals surface area (Å²) in [7, 11) is -3.36. The van der Waals surface area contributed by atoms with Gasteiger partial charge in [0.1, 0.15) is 0 Å². The van der Waals surface area contributed by atoms with Gasteiger partial charge < -0.3 is 5.11 Å². The second kappa shape index (κ2) is 10.6. The van der Waals surface area contributed by atoms with E-state index in [1.807, 2.05) is 48.5 Å². The van der Waals surface area contributed by atoms with E-state index in [-0.39, 0.29) is 6.61 Å². The van der Waals surface area contributed by atoms with Crippen molar-refractivity contribution in [1.29, 1.82) is 0 Å². The Morgan fingerprint density at radius 2 is 1.51 bits per heavy atom. The van der Waals surface area contributed by atoms with Crippen LogP contribution in [-0.2, 0) is 21.2 Å². The smallest absolute Gasteiger partial charge is 0.156 e. The first-order valence-electron chi connectivity index (χ1n) is 12.7. The van der Waals surface area contributed by atoms with Gasteiger partial charge in [0.25, 0.3) is 0 Å². The highest BCUT2D eigenvalue weighted by Gasteiger charge is 2.33. The average Bonchev–Trinajstić information content (AvgIpc) is 2.95. The van der Waals surface area contributed by atoms with E-state index < -0.39 is 14.6 Å². The topological polar surface area (TPSA) is 67.3 Å². The lowest BCUT2D eigenvalue weighted by molar-refractivity contribution is 0.282. The highest BCUT2D eigenvalue weighted by Crippen LogP contribution is 2.39.